The molecule has 1 aromatic carbocycles. The van der Waals surface area contributed by atoms with Crippen molar-refractivity contribution in [1.82, 2.24) is 0 Å². The Hall–Kier alpha value is -1.51. The lowest BCUT2D eigenvalue weighted by molar-refractivity contribution is 0.0898. The largest absolute Gasteiger partial charge is 0.490 e. The number of benzene rings is 1. The average Bonchev–Trinajstić information content (AvgIpc) is 2.70. The lowest BCUT2D eigenvalue weighted by Gasteiger charge is -2.19. The number of hydrogen-bond donors (Lipinski definition) is 0. The molecule has 0 unspecified atom stereocenters. The van der Waals surface area contributed by atoms with E-state index in [0.29, 0.717) is 13.2 Å². The van der Waals surface area contributed by atoms with Crippen LogP contribution in [0.1, 0.15) is 61.7 Å². The first kappa shape index (κ1) is 14.4. The predicted octanol–water partition coefficient (Wildman–Crippen LogP) is 4.39. The highest BCUT2D eigenvalue weighted by Crippen LogP contribution is 2.32. The van der Waals surface area contributed by atoms with Gasteiger partial charge in [0.15, 0.2) is 17.3 Å². The van der Waals surface area contributed by atoms with Gasteiger partial charge in [0.05, 0.1) is 13.2 Å². The number of carbonyl (C=O) groups is 1. The first-order valence-corrected chi connectivity index (χ1v) is 8.28. The number of carbonyl (C=O) groups excluding carboxylic acids is 1. The fourth-order valence-corrected chi connectivity index (χ4v) is 3.27. The second-order valence-electron chi connectivity index (χ2n) is 6.12. The summed E-state index contributed by atoms with van der Waals surface area (Å²) in [4.78, 5) is 12.7. The maximum atomic E-state index is 12.7. The van der Waals surface area contributed by atoms with E-state index in [1.807, 2.05) is 18.2 Å². The van der Waals surface area contributed by atoms with Gasteiger partial charge in [-0.1, -0.05) is 32.1 Å². The molecule has 1 fully saturated rings. The molecule has 21 heavy (non-hydrogen) atoms. The zero-order valence-electron chi connectivity index (χ0n) is 12.6. The summed E-state index contributed by atoms with van der Waals surface area (Å²) in [5.74, 6) is 1.97. The highest BCUT2D eigenvalue weighted by atomic mass is 16.5. The molecule has 1 aromatic rings. The number of fused-ring (bicyclic) bond motifs is 1. The molecular formula is C18H24O3. The minimum Gasteiger partial charge on any atom is -0.490 e. The van der Waals surface area contributed by atoms with Gasteiger partial charge in [-0.3, -0.25) is 4.79 Å². The number of Topliss-reactive ketones (excluding diaryl/α,β-unsaturated/α-hetero) is 1. The highest BCUT2D eigenvalue weighted by molar-refractivity contribution is 5.98. The summed E-state index contributed by atoms with van der Waals surface area (Å²) >= 11 is 0. The lowest BCUT2D eigenvalue weighted by atomic mass is 9.85. The molecule has 0 atom stereocenters. The molecule has 3 nitrogen and oxygen atoms in total. The number of ketones is 1. The van der Waals surface area contributed by atoms with E-state index in [-0.39, 0.29) is 11.7 Å². The van der Waals surface area contributed by atoms with E-state index in [9.17, 15) is 4.79 Å². The van der Waals surface area contributed by atoms with Crippen molar-refractivity contribution in [3.05, 3.63) is 23.8 Å². The zero-order valence-corrected chi connectivity index (χ0v) is 12.6. The van der Waals surface area contributed by atoms with Gasteiger partial charge >= 0.3 is 0 Å². The van der Waals surface area contributed by atoms with Crippen LogP contribution in [0.15, 0.2) is 18.2 Å². The van der Waals surface area contributed by atoms with Crippen LogP contribution in [0, 0.1) is 5.92 Å². The topological polar surface area (TPSA) is 35.5 Å². The molecule has 114 valence electrons. The highest BCUT2D eigenvalue weighted by Gasteiger charge is 2.22. The molecule has 1 aliphatic carbocycles. The minimum absolute atomic E-state index is 0.190. The number of hydrogen-bond acceptors (Lipinski definition) is 3. The van der Waals surface area contributed by atoms with Crippen molar-refractivity contribution in [3.8, 4) is 11.5 Å². The van der Waals surface area contributed by atoms with E-state index in [1.54, 1.807) is 0 Å². The molecule has 0 spiro atoms. The van der Waals surface area contributed by atoms with Crippen LogP contribution in [0.5, 0.6) is 11.5 Å². The van der Waals surface area contributed by atoms with E-state index in [1.165, 1.54) is 32.1 Å². The Labute approximate surface area is 126 Å². The number of rotatable bonds is 2. The summed E-state index contributed by atoms with van der Waals surface area (Å²) < 4.78 is 11.3. The summed E-state index contributed by atoms with van der Waals surface area (Å²) in [7, 11) is 0. The maximum Gasteiger partial charge on any atom is 0.166 e. The van der Waals surface area contributed by atoms with Crippen LogP contribution >= 0.6 is 0 Å². The van der Waals surface area contributed by atoms with Crippen molar-refractivity contribution in [2.24, 2.45) is 5.92 Å². The molecule has 0 radical (unpaired) electrons. The molecule has 1 aliphatic heterocycles. The Bertz CT molecular complexity index is 487. The van der Waals surface area contributed by atoms with Gasteiger partial charge in [0, 0.05) is 17.9 Å². The third-order valence-electron chi connectivity index (χ3n) is 4.51. The standard InChI is InChI=1S/C18H24O3/c19-18(14-7-4-2-1-3-5-8-14)15-9-10-16-17(13-15)21-12-6-11-20-16/h9-10,13-14H,1-8,11-12H2. The van der Waals surface area contributed by atoms with E-state index >= 15 is 0 Å². The van der Waals surface area contributed by atoms with E-state index < -0.39 is 0 Å². The molecule has 0 bridgehead atoms. The monoisotopic (exact) mass is 288 g/mol. The fourth-order valence-electron chi connectivity index (χ4n) is 3.27. The van der Waals surface area contributed by atoms with Crippen molar-refractivity contribution < 1.29 is 14.3 Å². The Morgan fingerprint density at radius 2 is 1.52 bits per heavy atom. The van der Waals surface area contributed by atoms with E-state index in [4.69, 9.17) is 9.47 Å². The smallest absolute Gasteiger partial charge is 0.166 e. The van der Waals surface area contributed by atoms with E-state index in [2.05, 4.69) is 0 Å². The summed E-state index contributed by atoms with van der Waals surface area (Å²) in [6.07, 6.45) is 9.18. The molecule has 0 amide bonds. The SMILES string of the molecule is O=C(c1ccc2c(c1)OCCCO2)C1CCCCCCC1. The third-order valence-corrected chi connectivity index (χ3v) is 4.51. The summed E-state index contributed by atoms with van der Waals surface area (Å²) in [5.41, 5.74) is 0.782. The van der Waals surface area contributed by atoms with Gasteiger partial charge in [0.1, 0.15) is 0 Å². The van der Waals surface area contributed by atoms with Crippen LogP contribution in [-0.2, 0) is 0 Å². The van der Waals surface area contributed by atoms with Gasteiger partial charge in [-0.15, -0.1) is 0 Å². The molecule has 0 aromatic heterocycles. The Kier molecular flexibility index (Phi) is 4.79. The Morgan fingerprint density at radius 3 is 2.29 bits per heavy atom. The summed E-state index contributed by atoms with van der Waals surface area (Å²) in [6, 6.07) is 5.66. The molecule has 3 rings (SSSR count). The van der Waals surface area contributed by atoms with Crippen LogP contribution in [0.2, 0.25) is 0 Å². The first-order chi connectivity index (χ1) is 10.3. The lowest BCUT2D eigenvalue weighted by Crippen LogP contribution is -2.16. The van der Waals surface area contributed by atoms with Gasteiger partial charge in [-0.05, 0) is 31.0 Å². The fraction of sp³-hybridized carbons (Fsp3) is 0.611. The van der Waals surface area contributed by atoms with Gasteiger partial charge in [0.2, 0.25) is 0 Å². The van der Waals surface area contributed by atoms with Crippen molar-refractivity contribution >= 4 is 5.78 Å². The van der Waals surface area contributed by atoms with Crippen molar-refractivity contribution in [2.75, 3.05) is 13.2 Å². The van der Waals surface area contributed by atoms with Crippen LogP contribution in [-0.4, -0.2) is 19.0 Å². The van der Waals surface area contributed by atoms with Crippen LogP contribution in [0.25, 0.3) is 0 Å². The minimum atomic E-state index is 0.190. The molecule has 2 aliphatic rings. The first-order valence-electron chi connectivity index (χ1n) is 8.28. The van der Waals surface area contributed by atoms with Crippen molar-refractivity contribution in [2.45, 2.75) is 51.4 Å². The van der Waals surface area contributed by atoms with Crippen molar-refractivity contribution in [1.29, 1.82) is 0 Å². The third kappa shape index (κ3) is 3.58. The molecule has 1 heterocycles. The number of ether oxygens (including phenoxy) is 2. The second-order valence-corrected chi connectivity index (χ2v) is 6.12. The summed E-state index contributed by atoms with van der Waals surface area (Å²) in [5, 5.41) is 0. The van der Waals surface area contributed by atoms with Gasteiger partial charge in [-0.25, -0.2) is 0 Å². The predicted molar refractivity (Wildman–Crippen MR) is 82.2 cm³/mol. The molecule has 0 saturated heterocycles. The van der Waals surface area contributed by atoms with Gasteiger partial charge in [0.25, 0.3) is 0 Å². The van der Waals surface area contributed by atoms with Crippen LogP contribution in [0.4, 0.5) is 0 Å². The summed E-state index contributed by atoms with van der Waals surface area (Å²) in [6.45, 7) is 1.34. The van der Waals surface area contributed by atoms with Gasteiger partial charge < -0.3 is 9.47 Å². The second kappa shape index (κ2) is 6.97. The van der Waals surface area contributed by atoms with Gasteiger partial charge in [-0.2, -0.15) is 0 Å². The molecule has 3 heteroatoms. The normalized spacial score (nSPS) is 20.2. The average molecular weight is 288 g/mol. The zero-order chi connectivity index (χ0) is 14.5. The maximum absolute atomic E-state index is 12.7. The van der Waals surface area contributed by atoms with E-state index in [0.717, 1.165) is 36.3 Å². The Morgan fingerprint density at radius 1 is 0.857 bits per heavy atom. The quantitative estimate of drug-likeness (QED) is 0.757. The Balaban J connectivity index is 1.75. The van der Waals surface area contributed by atoms with Crippen LogP contribution in [0.3, 0.4) is 0 Å². The molecular weight excluding hydrogens is 264 g/mol. The van der Waals surface area contributed by atoms with Crippen LogP contribution < -0.4 is 9.47 Å². The molecule has 1 saturated carbocycles. The van der Waals surface area contributed by atoms with Crippen molar-refractivity contribution in [3.63, 3.8) is 0 Å². The molecule has 0 N–H and O–H groups in total.